The molecule has 0 radical (unpaired) electrons. The molecule has 1 unspecified atom stereocenters. The molecule has 0 spiro atoms. The molecule has 20 heavy (non-hydrogen) atoms. The second kappa shape index (κ2) is 11.2. The Balaban J connectivity index is 0. The lowest BCUT2D eigenvalue weighted by atomic mass is 10.1. The maximum atomic E-state index is 10.7. The van der Waals surface area contributed by atoms with Crippen LogP contribution in [0.25, 0.3) is 0 Å². The standard InChI is InChI=1S/C10H11NO3.C3H9NO.ClH/c1-7(12)11-9-4-2-8(3-5-9)6-10(13)14;1-2-3(4)5;/h2-5H,6H2,1H3,(H,11,12)(H,13,14);3,5H,2,4H2,1H3;1H. The summed E-state index contributed by atoms with van der Waals surface area (Å²) in [4.78, 5) is 21.0. The van der Waals surface area contributed by atoms with Gasteiger partial charge < -0.3 is 21.3 Å². The summed E-state index contributed by atoms with van der Waals surface area (Å²) >= 11 is 0. The van der Waals surface area contributed by atoms with E-state index in [-0.39, 0.29) is 24.7 Å². The van der Waals surface area contributed by atoms with Crippen LogP contribution < -0.4 is 11.1 Å². The Morgan fingerprint density at radius 1 is 1.30 bits per heavy atom. The molecule has 1 rings (SSSR count). The molecule has 1 atom stereocenters. The Morgan fingerprint density at radius 2 is 1.75 bits per heavy atom. The number of rotatable bonds is 4. The van der Waals surface area contributed by atoms with E-state index in [0.717, 1.165) is 0 Å². The van der Waals surface area contributed by atoms with Gasteiger partial charge in [0.15, 0.2) is 0 Å². The van der Waals surface area contributed by atoms with E-state index in [9.17, 15) is 9.59 Å². The summed E-state index contributed by atoms with van der Waals surface area (Å²) in [5, 5.41) is 19.2. The molecule has 114 valence electrons. The van der Waals surface area contributed by atoms with Gasteiger partial charge in [0.25, 0.3) is 0 Å². The number of nitrogens with one attached hydrogen (secondary N) is 1. The fraction of sp³-hybridized carbons (Fsp3) is 0.385. The number of aliphatic hydroxyl groups is 1. The van der Waals surface area contributed by atoms with Crippen molar-refractivity contribution in [2.45, 2.75) is 32.9 Å². The first-order valence-electron chi connectivity index (χ1n) is 5.87. The smallest absolute Gasteiger partial charge is 0.307 e. The van der Waals surface area contributed by atoms with Crippen molar-refractivity contribution in [1.82, 2.24) is 0 Å². The van der Waals surface area contributed by atoms with Gasteiger partial charge in [0.1, 0.15) is 6.23 Å². The fourth-order valence-corrected chi connectivity index (χ4v) is 1.08. The van der Waals surface area contributed by atoms with Crippen molar-refractivity contribution in [1.29, 1.82) is 0 Å². The normalized spacial score (nSPS) is 10.4. The summed E-state index contributed by atoms with van der Waals surface area (Å²) in [6.07, 6.45) is 0.0235. The second-order valence-electron chi connectivity index (χ2n) is 3.92. The molecule has 0 aliphatic rings. The number of carboxylic acids is 1. The number of benzene rings is 1. The van der Waals surface area contributed by atoms with Crippen LogP contribution in [0.4, 0.5) is 5.69 Å². The van der Waals surface area contributed by atoms with Gasteiger partial charge in [0.2, 0.25) is 5.91 Å². The van der Waals surface area contributed by atoms with Crippen LogP contribution in [0.1, 0.15) is 25.8 Å². The summed E-state index contributed by atoms with van der Waals surface area (Å²) in [5.74, 6) is -1.01. The van der Waals surface area contributed by atoms with Crippen LogP contribution in [0, 0.1) is 0 Å². The molecule has 0 saturated carbocycles. The molecule has 6 nitrogen and oxygen atoms in total. The Kier molecular flexibility index (Phi) is 11.6. The van der Waals surface area contributed by atoms with Gasteiger partial charge in [-0.1, -0.05) is 19.1 Å². The van der Waals surface area contributed by atoms with Gasteiger partial charge >= 0.3 is 5.97 Å². The molecular weight excluding hydrogens is 284 g/mol. The van der Waals surface area contributed by atoms with Crippen LogP contribution in [-0.4, -0.2) is 28.3 Å². The van der Waals surface area contributed by atoms with E-state index in [2.05, 4.69) is 5.32 Å². The maximum Gasteiger partial charge on any atom is 0.307 e. The van der Waals surface area contributed by atoms with E-state index in [1.807, 2.05) is 6.92 Å². The van der Waals surface area contributed by atoms with Crippen LogP contribution >= 0.6 is 12.4 Å². The first-order valence-corrected chi connectivity index (χ1v) is 5.87. The molecule has 0 aliphatic heterocycles. The highest BCUT2D eigenvalue weighted by Gasteiger charge is 2.00. The van der Waals surface area contributed by atoms with Crippen LogP contribution in [0.3, 0.4) is 0 Å². The molecule has 0 saturated heterocycles. The molecule has 0 heterocycles. The maximum absolute atomic E-state index is 10.7. The van der Waals surface area contributed by atoms with E-state index < -0.39 is 12.2 Å². The number of anilines is 1. The average molecular weight is 305 g/mol. The zero-order valence-electron chi connectivity index (χ0n) is 11.5. The minimum absolute atomic E-state index is 0. The molecule has 1 aromatic rings. The van der Waals surface area contributed by atoms with Gasteiger partial charge in [-0.25, -0.2) is 0 Å². The zero-order chi connectivity index (χ0) is 14.8. The molecule has 5 N–H and O–H groups in total. The van der Waals surface area contributed by atoms with Crippen LogP contribution in [0.15, 0.2) is 24.3 Å². The number of hydrogen-bond donors (Lipinski definition) is 4. The molecule has 0 fully saturated rings. The summed E-state index contributed by atoms with van der Waals surface area (Å²) in [7, 11) is 0. The molecule has 0 aliphatic carbocycles. The van der Waals surface area contributed by atoms with Crippen molar-refractivity contribution < 1.29 is 19.8 Å². The zero-order valence-corrected chi connectivity index (χ0v) is 12.3. The molecule has 1 aromatic carbocycles. The molecule has 7 heteroatoms. The van der Waals surface area contributed by atoms with Gasteiger partial charge in [-0.2, -0.15) is 0 Å². The average Bonchev–Trinajstić information content (AvgIpc) is 2.31. The number of aliphatic carboxylic acids is 1. The molecular formula is C13H21ClN2O4. The summed E-state index contributed by atoms with van der Waals surface area (Å²) in [6.45, 7) is 3.25. The van der Waals surface area contributed by atoms with Gasteiger partial charge in [-0.05, 0) is 24.1 Å². The van der Waals surface area contributed by atoms with Crippen LogP contribution in [0.5, 0.6) is 0 Å². The molecule has 0 aromatic heterocycles. The highest BCUT2D eigenvalue weighted by atomic mass is 35.5. The number of halogens is 1. The Bertz CT molecular complexity index is 372. The van der Waals surface area contributed by atoms with E-state index >= 15 is 0 Å². The van der Waals surface area contributed by atoms with Crippen molar-refractivity contribution in [2.75, 3.05) is 5.32 Å². The summed E-state index contributed by atoms with van der Waals surface area (Å²) in [5.41, 5.74) is 6.23. The minimum atomic E-state index is -0.864. The SMILES string of the molecule is CC(=O)Nc1ccc(CC(=O)O)cc1.CCC(N)O.Cl. The number of hydrogen-bond acceptors (Lipinski definition) is 4. The van der Waals surface area contributed by atoms with Crippen molar-refractivity contribution in [3.8, 4) is 0 Å². The molecule has 0 bridgehead atoms. The van der Waals surface area contributed by atoms with Gasteiger partial charge in [-0.3, -0.25) is 9.59 Å². The third-order valence-corrected chi connectivity index (χ3v) is 2.05. The number of carbonyl (C=O) groups is 2. The van der Waals surface area contributed by atoms with Crippen molar-refractivity contribution in [3.05, 3.63) is 29.8 Å². The van der Waals surface area contributed by atoms with Crippen LogP contribution in [0.2, 0.25) is 0 Å². The van der Waals surface area contributed by atoms with E-state index in [1.54, 1.807) is 24.3 Å². The lowest BCUT2D eigenvalue weighted by Crippen LogP contribution is -2.16. The van der Waals surface area contributed by atoms with E-state index in [1.165, 1.54) is 6.92 Å². The first-order chi connectivity index (χ1) is 8.85. The predicted octanol–water partition coefficient (Wildman–Crippen LogP) is 1.37. The van der Waals surface area contributed by atoms with E-state index in [4.69, 9.17) is 15.9 Å². The van der Waals surface area contributed by atoms with Crippen molar-refractivity contribution in [3.63, 3.8) is 0 Å². The lowest BCUT2D eigenvalue weighted by Gasteiger charge is -2.02. The largest absolute Gasteiger partial charge is 0.481 e. The van der Waals surface area contributed by atoms with Crippen molar-refractivity contribution >= 4 is 30.0 Å². The highest BCUT2D eigenvalue weighted by Crippen LogP contribution is 2.09. The Hall–Kier alpha value is -1.63. The number of aliphatic hydroxyl groups excluding tert-OH is 1. The third-order valence-electron chi connectivity index (χ3n) is 2.05. The lowest BCUT2D eigenvalue weighted by molar-refractivity contribution is -0.136. The quantitative estimate of drug-likeness (QED) is 0.628. The van der Waals surface area contributed by atoms with Gasteiger partial charge in [0.05, 0.1) is 6.42 Å². The molecule has 1 amide bonds. The monoisotopic (exact) mass is 304 g/mol. The predicted molar refractivity (Wildman–Crippen MR) is 79.8 cm³/mol. The third kappa shape index (κ3) is 11.5. The second-order valence-corrected chi connectivity index (χ2v) is 3.92. The summed E-state index contributed by atoms with van der Waals surface area (Å²) < 4.78 is 0. The number of amides is 1. The first kappa shape index (κ1) is 20.7. The van der Waals surface area contributed by atoms with Gasteiger partial charge in [0, 0.05) is 12.6 Å². The van der Waals surface area contributed by atoms with Crippen LogP contribution in [-0.2, 0) is 16.0 Å². The fourth-order valence-electron chi connectivity index (χ4n) is 1.08. The van der Waals surface area contributed by atoms with E-state index in [0.29, 0.717) is 17.7 Å². The van der Waals surface area contributed by atoms with Gasteiger partial charge in [-0.15, -0.1) is 12.4 Å². The topological polar surface area (TPSA) is 113 Å². The Morgan fingerprint density at radius 3 is 2.05 bits per heavy atom. The number of nitrogens with two attached hydrogens (primary N) is 1. The Labute approximate surface area is 124 Å². The minimum Gasteiger partial charge on any atom is -0.481 e. The number of carbonyl (C=O) groups excluding carboxylic acids is 1. The van der Waals surface area contributed by atoms with Crippen molar-refractivity contribution in [2.24, 2.45) is 5.73 Å². The highest BCUT2D eigenvalue weighted by molar-refractivity contribution is 5.88. The number of carboxylic acid groups (broad SMARTS) is 1. The summed E-state index contributed by atoms with van der Waals surface area (Å²) in [6, 6.07) is 6.72.